The van der Waals surface area contributed by atoms with Gasteiger partial charge in [-0.1, -0.05) is 6.07 Å². The smallest absolute Gasteiger partial charge is 0.267 e. The Labute approximate surface area is 145 Å². The number of anilines is 1. The molecule has 0 aromatic carbocycles. The molecule has 7 nitrogen and oxygen atoms in total. The van der Waals surface area contributed by atoms with Gasteiger partial charge in [0.15, 0.2) is 0 Å². The second-order valence-electron chi connectivity index (χ2n) is 6.03. The largest absolute Gasteiger partial charge is 0.372 e. The van der Waals surface area contributed by atoms with E-state index in [1.54, 1.807) is 30.5 Å². The molecule has 3 rings (SSSR count). The molecular weight excluding hydrogens is 318 g/mol. The molecule has 126 valence electrons. The Balaban J connectivity index is 2.26. The molecule has 2 atom stereocenters. The van der Waals surface area contributed by atoms with Crippen LogP contribution in [0.1, 0.15) is 19.4 Å². The lowest BCUT2D eigenvalue weighted by molar-refractivity contribution is -0.00546. The van der Waals surface area contributed by atoms with Crippen molar-refractivity contribution in [1.82, 2.24) is 9.38 Å². The van der Waals surface area contributed by atoms with Crippen molar-refractivity contribution >= 4 is 17.5 Å². The van der Waals surface area contributed by atoms with Crippen molar-refractivity contribution in [2.24, 2.45) is 0 Å². The zero-order valence-electron chi connectivity index (χ0n) is 14.0. The normalized spacial score (nSPS) is 19.9. The van der Waals surface area contributed by atoms with Crippen LogP contribution in [0.2, 0.25) is 0 Å². The molecule has 25 heavy (non-hydrogen) atoms. The molecule has 1 saturated heterocycles. The molecule has 0 spiro atoms. The van der Waals surface area contributed by atoms with Gasteiger partial charge in [0, 0.05) is 19.3 Å². The second-order valence-corrected chi connectivity index (χ2v) is 6.03. The van der Waals surface area contributed by atoms with E-state index < -0.39 is 0 Å². The third-order valence-corrected chi connectivity index (χ3v) is 4.00. The Hall–Kier alpha value is -3.16. The van der Waals surface area contributed by atoms with Crippen molar-refractivity contribution in [3.05, 3.63) is 45.9 Å². The van der Waals surface area contributed by atoms with E-state index in [0.29, 0.717) is 24.6 Å². The van der Waals surface area contributed by atoms with Crippen LogP contribution in [0.15, 0.2) is 34.8 Å². The summed E-state index contributed by atoms with van der Waals surface area (Å²) in [6, 6.07) is 8.90. The number of hydrogen-bond acceptors (Lipinski definition) is 6. The molecule has 1 fully saturated rings. The van der Waals surface area contributed by atoms with Crippen molar-refractivity contribution in [3.8, 4) is 12.1 Å². The predicted molar refractivity (Wildman–Crippen MR) is 92.9 cm³/mol. The highest BCUT2D eigenvalue weighted by atomic mass is 16.5. The molecule has 1 aliphatic heterocycles. The van der Waals surface area contributed by atoms with E-state index in [1.807, 2.05) is 24.8 Å². The second kappa shape index (κ2) is 6.76. The van der Waals surface area contributed by atoms with Gasteiger partial charge in [-0.2, -0.15) is 10.5 Å². The summed E-state index contributed by atoms with van der Waals surface area (Å²) in [6.07, 6.45) is 2.91. The van der Waals surface area contributed by atoms with E-state index >= 15 is 0 Å². The number of morpholine rings is 1. The molecular formula is C18H17N5O2. The topological polar surface area (TPSA) is 94.4 Å². The number of nitrogens with zero attached hydrogens (tertiary/aromatic N) is 5. The van der Waals surface area contributed by atoms with Gasteiger partial charge >= 0.3 is 0 Å². The zero-order chi connectivity index (χ0) is 18.0. The molecule has 3 heterocycles. The van der Waals surface area contributed by atoms with Crippen LogP contribution in [0.25, 0.3) is 11.7 Å². The van der Waals surface area contributed by atoms with Crippen molar-refractivity contribution in [1.29, 1.82) is 10.5 Å². The van der Waals surface area contributed by atoms with E-state index in [9.17, 15) is 4.79 Å². The SMILES string of the molecule is C[C@@H]1CN(c2nc3ccccn3c(=O)c2C=C(C#N)C#N)C[C@@H](C)O1. The first-order chi connectivity index (χ1) is 12.0. The fraction of sp³-hybridized carbons (Fsp3) is 0.333. The van der Waals surface area contributed by atoms with Gasteiger partial charge in [-0.3, -0.25) is 9.20 Å². The molecule has 2 aromatic heterocycles. The van der Waals surface area contributed by atoms with Crippen LogP contribution in [0.5, 0.6) is 0 Å². The Morgan fingerprint density at radius 3 is 2.60 bits per heavy atom. The van der Waals surface area contributed by atoms with Gasteiger partial charge in [0.1, 0.15) is 29.2 Å². The number of nitriles is 2. The molecule has 0 radical (unpaired) electrons. The average Bonchev–Trinajstić information content (AvgIpc) is 2.60. The molecule has 0 saturated carbocycles. The first-order valence-electron chi connectivity index (χ1n) is 7.97. The quantitative estimate of drug-likeness (QED) is 0.776. The number of hydrogen-bond donors (Lipinski definition) is 0. The highest BCUT2D eigenvalue weighted by molar-refractivity contribution is 5.71. The number of ether oxygens (including phenoxy) is 1. The highest BCUT2D eigenvalue weighted by Gasteiger charge is 2.26. The number of fused-ring (bicyclic) bond motifs is 1. The van der Waals surface area contributed by atoms with Crippen molar-refractivity contribution in [3.63, 3.8) is 0 Å². The fourth-order valence-corrected chi connectivity index (χ4v) is 3.04. The first kappa shape index (κ1) is 16.7. The summed E-state index contributed by atoms with van der Waals surface area (Å²) >= 11 is 0. The minimum atomic E-state index is -0.310. The van der Waals surface area contributed by atoms with E-state index in [-0.39, 0.29) is 28.9 Å². The first-order valence-corrected chi connectivity index (χ1v) is 7.97. The lowest BCUT2D eigenvalue weighted by atomic mass is 10.1. The van der Waals surface area contributed by atoms with Gasteiger partial charge in [-0.25, -0.2) is 4.98 Å². The van der Waals surface area contributed by atoms with Gasteiger partial charge in [0.2, 0.25) is 0 Å². The summed E-state index contributed by atoms with van der Waals surface area (Å²) in [5, 5.41) is 18.1. The van der Waals surface area contributed by atoms with Gasteiger partial charge in [0.05, 0.1) is 17.8 Å². The molecule has 0 N–H and O–H groups in total. The third kappa shape index (κ3) is 3.23. The van der Waals surface area contributed by atoms with Gasteiger partial charge in [-0.05, 0) is 32.1 Å². The number of pyridine rings is 1. The average molecular weight is 335 g/mol. The summed E-state index contributed by atoms with van der Waals surface area (Å²) in [4.78, 5) is 19.5. The molecule has 1 aliphatic rings. The Kier molecular flexibility index (Phi) is 4.51. The maximum absolute atomic E-state index is 12.9. The minimum Gasteiger partial charge on any atom is -0.372 e. The van der Waals surface area contributed by atoms with Gasteiger partial charge in [-0.15, -0.1) is 0 Å². The monoisotopic (exact) mass is 335 g/mol. The Bertz CT molecular complexity index is 954. The maximum Gasteiger partial charge on any atom is 0.267 e. The molecule has 0 aliphatic carbocycles. The van der Waals surface area contributed by atoms with Crippen molar-refractivity contribution < 1.29 is 4.74 Å². The predicted octanol–water partition coefficient (Wildman–Crippen LogP) is 1.74. The minimum absolute atomic E-state index is 0.0111. The standard InChI is InChI=1S/C18H17N5O2/c1-12-10-22(11-13(2)25-12)17-15(7-14(8-19)9-20)18(24)23-6-4-3-5-16(23)21-17/h3-7,12-13H,10-11H2,1-2H3/t12-,13-/m1/s1. The van der Waals surface area contributed by atoms with E-state index in [0.717, 1.165) is 0 Å². The summed E-state index contributed by atoms with van der Waals surface area (Å²) in [7, 11) is 0. The van der Waals surface area contributed by atoms with Crippen LogP contribution in [0.4, 0.5) is 5.82 Å². The molecule has 2 aromatic rings. The van der Waals surface area contributed by atoms with Crippen molar-refractivity contribution in [2.75, 3.05) is 18.0 Å². The van der Waals surface area contributed by atoms with E-state index in [2.05, 4.69) is 4.98 Å². The Morgan fingerprint density at radius 1 is 1.28 bits per heavy atom. The van der Waals surface area contributed by atoms with Gasteiger partial charge < -0.3 is 9.64 Å². The van der Waals surface area contributed by atoms with Gasteiger partial charge in [0.25, 0.3) is 5.56 Å². The highest BCUT2D eigenvalue weighted by Crippen LogP contribution is 2.23. The van der Waals surface area contributed by atoms with Crippen LogP contribution < -0.4 is 10.5 Å². The Morgan fingerprint density at radius 2 is 1.96 bits per heavy atom. The number of allylic oxidation sites excluding steroid dienone is 1. The van der Waals surface area contributed by atoms with Crippen LogP contribution >= 0.6 is 0 Å². The van der Waals surface area contributed by atoms with Crippen molar-refractivity contribution in [2.45, 2.75) is 26.1 Å². The lowest BCUT2D eigenvalue weighted by Gasteiger charge is -2.36. The number of rotatable bonds is 2. The third-order valence-electron chi connectivity index (χ3n) is 4.00. The summed E-state index contributed by atoms with van der Waals surface area (Å²) < 4.78 is 7.16. The number of aromatic nitrogens is 2. The molecule has 0 bridgehead atoms. The van der Waals surface area contributed by atoms with E-state index in [1.165, 1.54) is 10.5 Å². The summed E-state index contributed by atoms with van der Waals surface area (Å²) in [5.74, 6) is 0.473. The summed E-state index contributed by atoms with van der Waals surface area (Å²) in [5.41, 5.74) is 0.311. The van der Waals surface area contributed by atoms with E-state index in [4.69, 9.17) is 15.3 Å². The van der Waals surface area contributed by atoms with Crippen LogP contribution in [-0.4, -0.2) is 34.7 Å². The molecule has 0 amide bonds. The fourth-order valence-electron chi connectivity index (χ4n) is 3.04. The molecule has 0 unspecified atom stereocenters. The lowest BCUT2D eigenvalue weighted by Crippen LogP contribution is -2.46. The van der Waals surface area contributed by atoms with Crippen LogP contribution in [-0.2, 0) is 4.74 Å². The molecule has 7 heteroatoms. The van der Waals surface area contributed by atoms with Crippen LogP contribution in [0, 0.1) is 22.7 Å². The maximum atomic E-state index is 12.9. The van der Waals surface area contributed by atoms with Crippen LogP contribution in [0.3, 0.4) is 0 Å². The zero-order valence-corrected chi connectivity index (χ0v) is 14.0. The summed E-state index contributed by atoms with van der Waals surface area (Å²) in [6.45, 7) is 5.08.